The smallest absolute Gasteiger partial charge is 0.407 e. The van der Waals surface area contributed by atoms with Crippen LogP contribution in [-0.4, -0.2) is 36.8 Å². The van der Waals surface area contributed by atoms with Crippen LogP contribution in [0.2, 0.25) is 0 Å². The average Bonchev–Trinajstić information content (AvgIpc) is 2.13. The number of alkyl carbamates (subject to hydrolysis) is 1. The predicted molar refractivity (Wildman–Crippen MR) is 69.8 cm³/mol. The summed E-state index contributed by atoms with van der Waals surface area (Å²) in [5.74, 6) is 0.916. The first-order chi connectivity index (χ1) is 7.22. The Hall–Kier alpha value is -0.420. The Balaban J connectivity index is 4.07. The van der Waals surface area contributed by atoms with Gasteiger partial charge in [-0.2, -0.15) is 11.8 Å². The highest BCUT2D eigenvalue weighted by Crippen LogP contribution is 2.18. The number of hydrogen-bond donors (Lipinski definition) is 2. The molecule has 3 N–H and O–H groups in total. The molecule has 0 saturated heterocycles. The highest BCUT2D eigenvalue weighted by atomic mass is 32.2. The fourth-order valence-electron chi connectivity index (χ4n) is 1.13. The molecule has 0 aliphatic carbocycles. The van der Waals surface area contributed by atoms with Crippen molar-refractivity contribution in [2.45, 2.75) is 33.3 Å². The molecule has 0 heterocycles. The van der Waals surface area contributed by atoms with Gasteiger partial charge in [-0.15, -0.1) is 0 Å². The van der Waals surface area contributed by atoms with Crippen molar-refractivity contribution in [3.63, 3.8) is 0 Å². The van der Waals surface area contributed by atoms with E-state index in [9.17, 15) is 4.79 Å². The quantitative estimate of drug-likeness (QED) is 0.779. The fraction of sp³-hybridized carbons (Fsp3) is 0.909. The predicted octanol–water partition coefficient (Wildman–Crippen LogP) is 1.84. The lowest BCUT2D eigenvalue weighted by Crippen LogP contribution is -2.43. The molecule has 16 heavy (non-hydrogen) atoms. The van der Waals surface area contributed by atoms with Gasteiger partial charge in [-0.3, -0.25) is 0 Å². The summed E-state index contributed by atoms with van der Waals surface area (Å²) >= 11 is 1.73. The number of rotatable bonds is 5. The number of nitrogens with one attached hydrogen (secondary N) is 1. The molecule has 4 nitrogen and oxygen atoms in total. The molecule has 0 radical (unpaired) electrons. The van der Waals surface area contributed by atoms with Crippen molar-refractivity contribution >= 4 is 17.9 Å². The van der Waals surface area contributed by atoms with E-state index < -0.39 is 5.60 Å². The minimum absolute atomic E-state index is 0.0731. The lowest BCUT2D eigenvalue weighted by molar-refractivity contribution is 0.0509. The topological polar surface area (TPSA) is 64.3 Å². The van der Waals surface area contributed by atoms with Crippen LogP contribution in [0.25, 0.3) is 0 Å². The third-order valence-corrected chi connectivity index (χ3v) is 3.03. The Morgan fingerprint density at radius 3 is 2.31 bits per heavy atom. The van der Waals surface area contributed by atoms with Gasteiger partial charge in [-0.1, -0.05) is 6.92 Å². The van der Waals surface area contributed by atoms with Crippen LogP contribution in [0.1, 0.15) is 27.7 Å². The van der Waals surface area contributed by atoms with Crippen LogP contribution in [0.5, 0.6) is 0 Å². The molecule has 1 amide bonds. The van der Waals surface area contributed by atoms with Crippen LogP contribution in [0.3, 0.4) is 0 Å². The molecule has 1 atom stereocenters. The van der Waals surface area contributed by atoms with Gasteiger partial charge in [0.2, 0.25) is 0 Å². The van der Waals surface area contributed by atoms with Crippen molar-refractivity contribution in [3.05, 3.63) is 0 Å². The third-order valence-electron chi connectivity index (χ3n) is 2.04. The van der Waals surface area contributed by atoms with Gasteiger partial charge in [0.15, 0.2) is 0 Å². The Morgan fingerprint density at radius 1 is 1.38 bits per heavy atom. The standard InChI is InChI=1S/C11H24N2O2S/c1-10(2,3)15-9(14)13-7-11(4,6-12)8-16-5/h6-8,12H2,1-5H3,(H,13,14). The molecule has 0 aromatic heterocycles. The Bertz CT molecular complexity index is 229. The highest BCUT2D eigenvalue weighted by molar-refractivity contribution is 7.98. The number of amides is 1. The first kappa shape index (κ1) is 15.6. The second-order valence-electron chi connectivity index (χ2n) is 5.30. The van der Waals surface area contributed by atoms with Gasteiger partial charge in [0.05, 0.1) is 0 Å². The zero-order valence-corrected chi connectivity index (χ0v) is 11.7. The number of carbonyl (C=O) groups excluding carboxylic acids is 1. The Kier molecular flexibility index (Phi) is 6.18. The number of carbonyl (C=O) groups is 1. The minimum Gasteiger partial charge on any atom is -0.444 e. The van der Waals surface area contributed by atoms with E-state index in [-0.39, 0.29) is 11.5 Å². The molecule has 0 aromatic carbocycles. The largest absolute Gasteiger partial charge is 0.444 e. The van der Waals surface area contributed by atoms with E-state index in [2.05, 4.69) is 12.2 Å². The number of ether oxygens (including phenoxy) is 1. The van der Waals surface area contributed by atoms with Gasteiger partial charge in [0.25, 0.3) is 0 Å². The van der Waals surface area contributed by atoms with Gasteiger partial charge in [-0.05, 0) is 27.0 Å². The van der Waals surface area contributed by atoms with Gasteiger partial charge in [0.1, 0.15) is 5.60 Å². The molecule has 0 bridgehead atoms. The molecule has 0 aliphatic heterocycles. The number of nitrogens with two attached hydrogens (primary N) is 1. The molecule has 0 rings (SSSR count). The van der Waals surface area contributed by atoms with E-state index in [1.54, 1.807) is 11.8 Å². The summed E-state index contributed by atoms with van der Waals surface area (Å²) in [6, 6.07) is 0. The lowest BCUT2D eigenvalue weighted by Gasteiger charge is -2.28. The Morgan fingerprint density at radius 2 is 1.94 bits per heavy atom. The van der Waals surface area contributed by atoms with E-state index >= 15 is 0 Å². The SMILES string of the molecule is CSCC(C)(CN)CNC(=O)OC(C)(C)C. The van der Waals surface area contributed by atoms with Crippen LogP contribution in [0.4, 0.5) is 4.79 Å². The third kappa shape index (κ3) is 6.95. The average molecular weight is 248 g/mol. The van der Waals surface area contributed by atoms with Gasteiger partial charge in [0, 0.05) is 24.3 Å². The maximum Gasteiger partial charge on any atom is 0.407 e. The van der Waals surface area contributed by atoms with E-state index in [0.717, 1.165) is 5.75 Å². The van der Waals surface area contributed by atoms with Gasteiger partial charge in [-0.25, -0.2) is 4.79 Å². The number of hydrogen-bond acceptors (Lipinski definition) is 4. The van der Waals surface area contributed by atoms with Crippen LogP contribution in [-0.2, 0) is 4.74 Å². The molecule has 0 fully saturated rings. The second kappa shape index (κ2) is 6.35. The maximum absolute atomic E-state index is 11.4. The van der Waals surface area contributed by atoms with Crippen LogP contribution in [0, 0.1) is 5.41 Å². The number of thioether (sulfide) groups is 1. The molecule has 96 valence electrons. The molecule has 1 unspecified atom stereocenters. The van der Waals surface area contributed by atoms with Gasteiger partial charge < -0.3 is 15.8 Å². The van der Waals surface area contributed by atoms with Crippen LogP contribution < -0.4 is 11.1 Å². The lowest BCUT2D eigenvalue weighted by atomic mass is 9.94. The zero-order valence-electron chi connectivity index (χ0n) is 10.9. The summed E-state index contributed by atoms with van der Waals surface area (Å²) in [5.41, 5.74) is 5.17. The van der Waals surface area contributed by atoms with E-state index in [0.29, 0.717) is 13.1 Å². The molecule has 0 spiro atoms. The molecule has 0 aromatic rings. The van der Waals surface area contributed by atoms with Gasteiger partial charge >= 0.3 is 6.09 Å². The minimum atomic E-state index is -0.456. The molecular weight excluding hydrogens is 224 g/mol. The molecule has 5 heteroatoms. The van der Waals surface area contributed by atoms with Crippen molar-refractivity contribution in [1.82, 2.24) is 5.32 Å². The fourth-order valence-corrected chi connectivity index (χ4v) is 2.05. The second-order valence-corrected chi connectivity index (χ2v) is 6.17. The van der Waals surface area contributed by atoms with Crippen molar-refractivity contribution in [1.29, 1.82) is 0 Å². The summed E-state index contributed by atoms with van der Waals surface area (Å²) in [5, 5.41) is 2.76. The molecule has 0 saturated carbocycles. The normalized spacial score (nSPS) is 15.4. The first-order valence-electron chi connectivity index (χ1n) is 5.38. The molecule has 0 aliphatic rings. The maximum atomic E-state index is 11.4. The summed E-state index contributed by atoms with van der Waals surface area (Å²) < 4.78 is 5.16. The van der Waals surface area contributed by atoms with Crippen LogP contribution >= 0.6 is 11.8 Å². The highest BCUT2D eigenvalue weighted by Gasteiger charge is 2.24. The first-order valence-corrected chi connectivity index (χ1v) is 6.78. The summed E-state index contributed by atoms with van der Waals surface area (Å²) in [6.07, 6.45) is 1.65. The molecular formula is C11H24N2O2S. The van der Waals surface area contributed by atoms with Crippen molar-refractivity contribution in [2.75, 3.05) is 25.1 Å². The zero-order chi connectivity index (χ0) is 12.8. The van der Waals surface area contributed by atoms with E-state index in [1.165, 1.54) is 0 Å². The van der Waals surface area contributed by atoms with Crippen molar-refractivity contribution in [2.24, 2.45) is 11.1 Å². The summed E-state index contributed by atoms with van der Waals surface area (Å²) in [4.78, 5) is 11.4. The van der Waals surface area contributed by atoms with E-state index in [4.69, 9.17) is 10.5 Å². The van der Waals surface area contributed by atoms with Crippen LogP contribution in [0.15, 0.2) is 0 Å². The van der Waals surface area contributed by atoms with E-state index in [1.807, 2.05) is 27.0 Å². The Labute approximate surface area is 103 Å². The monoisotopic (exact) mass is 248 g/mol. The summed E-state index contributed by atoms with van der Waals surface area (Å²) in [6.45, 7) is 8.67. The summed E-state index contributed by atoms with van der Waals surface area (Å²) in [7, 11) is 0. The van der Waals surface area contributed by atoms with Crippen molar-refractivity contribution in [3.8, 4) is 0 Å². The van der Waals surface area contributed by atoms with Crippen molar-refractivity contribution < 1.29 is 9.53 Å².